The lowest BCUT2D eigenvalue weighted by Crippen LogP contribution is -2.23. The minimum absolute atomic E-state index is 0.0106. The summed E-state index contributed by atoms with van der Waals surface area (Å²) in [5, 5.41) is 20.6. The van der Waals surface area contributed by atoms with E-state index in [4.69, 9.17) is 5.11 Å². The first-order valence-corrected chi connectivity index (χ1v) is 5.54. The van der Waals surface area contributed by atoms with E-state index in [9.17, 15) is 19.5 Å². The highest BCUT2D eigenvalue weighted by molar-refractivity contribution is 6.07. The van der Waals surface area contributed by atoms with Crippen molar-refractivity contribution in [3.63, 3.8) is 0 Å². The summed E-state index contributed by atoms with van der Waals surface area (Å²) in [6.07, 6.45) is 1.38. The summed E-state index contributed by atoms with van der Waals surface area (Å²) in [6, 6.07) is 6.28. The van der Waals surface area contributed by atoms with Crippen molar-refractivity contribution in [1.29, 1.82) is 0 Å². The average molecular weight is 274 g/mol. The van der Waals surface area contributed by atoms with E-state index in [2.05, 4.69) is 10.3 Å². The number of phenols is 1. The van der Waals surface area contributed by atoms with Crippen LogP contribution in [0.2, 0.25) is 0 Å². The molecule has 0 aliphatic rings. The van der Waals surface area contributed by atoms with Crippen molar-refractivity contribution in [2.24, 2.45) is 0 Å². The van der Waals surface area contributed by atoms with E-state index < -0.39 is 17.4 Å². The van der Waals surface area contributed by atoms with Gasteiger partial charge in [-0.25, -0.2) is 4.79 Å². The zero-order valence-corrected chi connectivity index (χ0v) is 10.1. The molecule has 0 saturated heterocycles. The Hall–Kier alpha value is -3.09. The molecular formula is C13H10N2O5. The molecule has 0 fully saturated rings. The van der Waals surface area contributed by atoms with E-state index in [1.54, 1.807) is 0 Å². The fourth-order valence-electron chi connectivity index (χ4n) is 1.61. The van der Waals surface area contributed by atoms with Gasteiger partial charge in [0.15, 0.2) is 0 Å². The van der Waals surface area contributed by atoms with Crippen LogP contribution in [0.15, 0.2) is 41.3 Å². The van der Waals surface area contributed by atoms with Crippen molar-refractivity contribution < 1.29 is 19.8 Å². The molecule has 1 amide bonds. The third-order valence-corrected chi connectivity index (χ3v) is 2.54. The molecule has 7 heteroatoms. The molecular weight excluding hydrogens is 264 g/mol. The van der Waals surface area contributed by atoms with Gasteiger partial charge in [0.05, 0.1) is 11.3 Å². The van der Waals surface area contributed by atoms with Crippen molar-refractivity contribution in [2.45, 2.75) is 0 Å². The lowest BCUT2D eigenvalue weighted by Gasteiger charge is -2.08. The monoisotopic (exact) mass is 274 g/mol. The van der Waals surface area contributed by atoms with E-state index >= 15 is 0 Å². The molecule has 0 bridgehead atoms. The number of carboxylic acids is 1. The third-order valence-electron chi connectivity index (χ3n) is 2.54. The Kier molecular flexibility index (Phi) is 3.52. The van der Waals surface area contributed by atoms with Crippen LogP contribution < -0.4 is 10.9 Å². The molecule has 2 rings (SSSR count). The van der Waals surface area contributed by atoms with Crippen LogP contribution in [0.25, 0.3) is 0 Å². The van der Waals surface area contributed by atoms with Crippen LogP contribution in [0.3, 0.4) is 0 Å². The maximum absolute atomic E-state index is 11.9. The van der Waals surface area contributed by atoms with Crippen LogP contribution in [-0.4, -0.2) is 27.1 Å². The number of amides is 1. The summed E-state index contributed by atoms with van der Waals surface area (Å²) in [7, 11) is 0. The number of phenolic OH excluding ortho intramolecular Hbond substituents is 1. The summed E-state index contributed by atoms with van der Waals surface area (Å²) >= 11 is 0. The second-order valence-corrected chi connectivity index (χ2v) is 3.90. The molecule has 4 N–H and O–H groups in total. The Morgan fingerprint density at radius 3 is 2.55 bits per heavy atom. The maximum Gasteiger partial charge on any atom is 0.337 e. The smallest absolute Gasteiger partial charge is 0.337 e. The van der Waals surface area contributed by atoms with Gasteiger partial charge in [-0.2, -0.15) is 0 Å². The standard InChI is InChI=1S/C13H10N2O5/c16-7-3-4-10(9(6-7)13(19)20)15-12(18)8-2-1-5-14-11(8)17/h1-6,16H,(H,14,17)(H,15,18)(H,19,20). The van der Waals surface area contributed by atoms with Gasteiger partial charge >= 0.3 is 5.97 Å². The molecule has 0 unspecified atom stereocenters. The highest BCUT2D eigenvalue weighted by Crippen LogP contribution is 2.21. The SMILES string of the molecule is O=C(O)c1cc(O)ccc1NC(=O)c1ccc[nH]c1=O. The van der Waals surface area contributed by atoms with Crippen LogP contribution in [0.5, 0.6) is 5.75 Å². The van der Waals surface area contributed by atoms with E-state index in [0.717, 1.165) is 6.07 Å². The van der Waals surface area contributed by atoms with Crippen molar-refractivity contribution in [2.75, 3.05) is 5.32 Å². The number of pyridine rings is 1. The second-order valence-electron chi connectivity index (χ2n) is 3.90. The van der Waals surface area contributed by atoms with Crippen LogP contribution in [-0.2, 0) is 0 Å². The van der Waals surface area contributed by atoms with E-state index in [1.165, 1.54) is 30.5 Å². The van der Waals surface area contributed by atoms with Gasteiger partial charge in [0, 0.05) is 6.20 Å². The summed E-state index contributed by atoms with van der Waals surface area (Å²) < 4.78 is 0. The fourth-order valence-corrected chi connectivity index (χ4v) is 1.61. The molecule has 7 nitrogen and oxygen atoms in total. The van der Waals surface area contributed by atoms with Gasteiger partial charge in [-0.15, -0.1) is 0 Å². The van der Waals surface area contributed by atoms with Crippen LogP contribution in [0, 0.1) is 0 Å². The number of benzene rings is 1. The number of aromatic hydroxyl groups is 1. The van der Waals surface area contributed by atoms with Gasteiger partial charge in [0.1, 0.15) is 11.3 Å². The number of nitrogens with one attached hydrogen (secondary N) is 2. The number of hydrogen-bond acceptors (Lipinski definition) is 4. The first-order chi connectivity index (χ1) is 9.49. The second kappa shape index (κ2) is 5.27. The van der Waals surface area contributed by atoms with E-state index in [1.807, 2.05) is 0 Å². The minimum atomic E-state index is -1.31. The molecule has 0 aliphatic carbocycles. The molecule has 20 heavy (non-hydrogen) atoms. The highest BCUT2D eigenvalue weighted by Gasteiger charge is 2.15. The number of anilines is 1. The predicted octanol–water partition coefficient (Wildman–Crippen LogP) is 1.03. The molecule has 0 spiro atoms. The van der Waals surface area contributed by atoms with Gasteiger partial charge < -0.3 is 20.5 Å². The summed E-state index contributed by atoms with van der Waals surface area (Å²) in [6.45, 7) is 0. The summed E-state index contributed by atoms with van der Waals surface area (Å²) in [5.41, 5.74) is -1.01. The van der Waals surface area contributed by atoms with Crippen molar-refractivity contribution in [1.82, 2.24) is 4.98 Å². The van der Waals surface area contributed by atoms with Gasteiger partial charge in [0.2, 0.25) is 0 Å². The van der Waals surface area contributed by atoms with Gasteiger partial charge in [-0.05, 0) is 30.3 Å². The van der Waals surface area contributed by atoms with Crippen molar-refractivity contribution in [3.05, 3.63) is 58.0 Å². The minimum Gasteiger partial charge on any atom is -0.508 e. The zero-order valence-electron chi connectivity index (χ0n) is 10.1. The number of carboxylic acid groups (broad SMARTS) is 1. The normalized spacial score (nSPS) is 10.0. The Morgan fingerprint density at radius 1 is 1.15 bits per heavy atom. The number of aromatic nitrogens is 1. The lowest BCUT2D eigenvalue weighted by atomic mass is 10.1. The Morgan fingerprint density at radius 2 is 1.90 bits per heavy atom. The number of aromatic amines is 1. The van der Waals surface area contributed by atoms with Crippen LogP contribution in [0.1, 0.15) is 20.7 Å². The van der Waals surface area contributed by atoms with E-state index in [0.29, 0.717) is 0 Å². The lowest BCUT2D eigenvalue weighted by molar-refractivity contribution is 0.0697. The molecule has 1 aromatic carbocycles. The number of carbonyl (C=O) groups excluding carboxylic acids is 1. The first-order valence-electron chi connectivity index (χ1n) is 5.54. The zero-order chi connectivity index (χ0) is 14.7. The molecule has 0 atom stereocenters. The first kappa shape index (κ1) is 13.3. The predicted molar refractivity (Wildman–Crippen MR) is 70.1 cm³/mol. The van der Waals surface area contributed by atoms with Crippen LogP contribution in [0.4, 0.5) is 5.69 Å². The third kappa shape index (κ3) is 2.66. The quantitative estimate of drug-likeness (QED) is 0.623. The maximum atomic E-state index is 11.9. The Bertz CT molecular complexity index is 736. The van der Waals surface area contributed by atoms with Gasteiger partial charge in [-0.1, -0.05) is 0 Å². The van der Waals surface area contributed by atoms with Crippen molar-refractivity contribution >= 4 is 17.6 Å². The molecule has 1 aromatic heterocycles. The van der Waals surface area contributed by atoms with E-state index in [-0.39, 0.29) is 22.6 Å². The molecule has 0 saturated carbocycles. The van der Waals surface area contributed by atoms with Gasteiger partial charge in [0.25, 0.3) is 11.5 Å². The average Bonchev–Trinajstić information content (AvgIpc) is 2.41. The Balaban J connectivity index is 2.36. The summed E-state index contributed by atoms with van der Waals surface area (Å²) in [4.78, 5) is 36.7. The van der Waals surface area contributed by atoms with Crippen molar-refractivity contribution in [3.8, 4) is 5.75 Å². The largest absolute Gasteiger partial charge is 0.508 e. The number of hydrogen-bond donors (Lipinski definition) is 4. The van der Waals surface area contributed by atoms with Gasteiger partial charge in [-0.3, -0.25) is 9.59 Å². The molecule has 1 heterocycles. The van der Waals surface area contributed by atoms with Crippen LogP contribution >= 0.6 is 0 Å². The number of aromatic carboxylic acids is 1. The fraction of sp³-hybridized carbons (Fsp3) is 0. The number of H-pyrrole nitrogens is 1. The molecule has 0 aliphatic heterocycles. The molecule has 0 radical (unpaired) electrons. The number of carbonyl (C=O) groups is 2. The number of rotatable bonds is 3. The summed E-state index contributed by atoms with van der Waals surface area (Å²) in [5.74, 6) is -2.28. The molecule has 2 aromatic rings. The molecule has 102 valence electrons. The topological polar surface area (TPSA) is 119 Å². The highest BCUT2D eigenvalue weighted by atomic mass is 16.4. The Labute approximate surface area is 112 Å².